The fraction of sp³-hybridized carbons (Fsp3) is 0.368. The first kappa shape index (κ1) is 40.4. The van der Waals surface area contributed by atoms with E-state index in [0.29, 0.717) is 30.0 Å². The van der Waals surface area contributed by atoms with Crippen molar-refractivity contribution in [3.63, 3.8) is 0 Å². The lowest BCUT2D eigenvalue weighted by atomic mass is 10.0. The van der Waals surface area contributed by atoms with Crippen molar-refractivity contribution in [3.05, 3.63) is 84.6 Å². The van der Waals surface area contributed by atoms with Gasteiger partial charge in [-0.1, -0.05) is 54.6 Å². The summed E-state index contributed by atoms with van der Waals surface area (Å²) in [4.78, 5) is 85.0. The summed E-state index contributed by atoms with van der Waals surface area (Å²) in [6.45, 7) is 7.23. The van der Waals surface area contributed by atoms with Crippen LogP contribution in [0.3, 0.4) is 0 Å². The lowest BCUT2D eigenvalue weighted by Gasteiger charge is -2.26. The number of benzene rings is 2. The third-order valence-corrected chi connectivity index (χ3v) is 8.72. The Morgan fingerprint density at radius 2 is 1.59 bits per heavy atom. The number of amides is 7. The third-order valence-electron chi connectivity index (χ3n) is 8.72. The SMILES string of the molecule is C=CCN1C#CN(NC(=O)[C@H](C)N)C(=O)N[C@@H](C)C(=O)N[C@@H](Cc2c[nH]c3ccccc23)C(=O)N[C@H](Cc2ccccc2)C(=O)N[C@H](C(N)=O)CCCC1. The molecule has 0 unspecified atom stereocenters. The number of nitrogens with zero attached hydrogens (tertiary/aromatic N) is 2. The molecule has 10 N–H and O–H groups in total. The number of rotatable bonds is 9. The molecule has 2 heterocycles. The second-order valence-electron chi connectivity index (χ2n) is 13.1. The largest absolute Gasteiger partial charge is 0.368 e. The quantitative estimate of drug-likeness (QED) is 0.112. The highest BCUT2D eigenvalue weighted by Gasteiger charge is 2.32. The van der Waals surface area contributed by atoms with E-state index in [1.165, 1.54) is 13.8 Å². The summed E-state index contributed by atoms with van der Waals surface area (Å²) in [6.07, 6.45) is 4.54. The van der Waals surface area contributed by atoms with E-state index in [9.17, 15) is 28.8 Å². The van der Waals surface area contributed by atoms with Crippen molar-refractivity contribution in [2.24, 2.45) is 11.5 Å². The van der Waals surface area contributed by atoms with Crippen LogP contribution in [0.2, 0.25) is 0 Å². The van der Waals surface area contributed by atoms with Gasteiger partial charge in [-0.2, -0.15) is 5.01 Å². The van der Waals surface area contributed by atoms with Gasteiger partial charge in [0, 0.05) is 49.1 Å². The third kappa shape index (κ3) is 11.6. The summed E-state index contributed by atoms with van der Waals surface area (Å²) in [5.41, 5.74) is 16.0. The van der Waals surface area contributed by atoms with Crippen molar-refractivity contribution >= 4 is 46.5 Å². The van der Waals surface area contributed by atoms with Crippen molar-refractivity contribution in [2.75, 3.05) is 13.1 Å². The molecule has 0 bridgehead atoms. The maximum atomic E-state index is 14.2. The molecule has 16 heteroatoms. The standard InChI is InChI=1S/C38H48N10O6/c1-4-17-47-18-11-10-16-30(33(40)49)43-36(52)31(21-26-12-6-5-7-13-26)45-37(53)32(22-27-23-41-29-15-9-8-14-28(27)29)44-35(51)25(3)42-38(54)48(20-19-47)46-34(50)24(2)39/h4-9,12-15,23-25,30-32,41H,1,10-11,16-18,21-22,39H2,2-3H3,(H2,40,49)(H,42,54)(H,43,52)(H,44,51)(H,45,53)(H,46,50)/t24-,25-,30-,31+,32-/m0/s1. The minimum atomic E-state index is -1.24. The number of hydrogen-bond donors (Lipinski definition) is 8. The number of hydrazine groups is 1. The van der Waals surface area contributed by atoms with E-state index in [1.807, 2.05) is 30.3 Å². The smallest absolute Gasteiger partial charge is 0.349 e. The molecule has 286 valence electrons. The Balaban J connectivity index is 1.72. The van der Waals surface area contributed by atoms with E-state index >= 15 is 0 Å². The lowest BCUT2D eigenvalue weighted by Crippen LogP contribution is -2.59. The zero-order valence-electron chi connectivity index (χ0n) is 30.4. The summed E-state index contributed by atoms with van der Waals surface area (Å²) in [6, 6.07) is 15.3. The van der Waals surface area contributed by atoms with Gasteiger partial charge in [0.05, 0.1) is 12.1 Å². The molecule has 4 rings (SSSR count). The first-order valence-corrected chi connectivity index (χ1v) is 17.7. The highest BCUT2D eigenvalue weighted by Crippen LogP contribution is 2.19. The molecule has 0 saturated heterocycles. The zero-order valence-corrected chi connectivity index (χ0v) is 30.4. The van der Waals surface area contributed by atoms with Crippen molar-refractivity contribution in [1.29, 1.82) is 0 Å². The Morgan fingerprint density at radius 3 is 2.30 bits per heavy atom. The van der Waals surface area contributed by atoms with Gasteiger partial charge in [-0.25, -0.2) is 10.2 Å². The van der Waals surface area contributed by atoms with Crippen molar-refractivity contribution in [1.82, 2.24) is 41.6 Å². The maximum absolute atomic E-state index is 14.2. The molecule has 5 atom stereocenters. The Labute approximate surface area is 313 Å². The fourth-order valence-corrected chi connectivity index (χ4v) is 5.69. The van der Waals surface area contributed by atoms with E-state index in [-0.39, 0.29) is 25.8 Å². The van der Waals surface area contributed by atoms with Gasteiger partial charge in [-0.3, -0.25) is 24.0 Å². The molecular formula is C38H48N10O6. The minimum Gasteiger partial charge on any atom is -0.368 e. The lowest BCUT2D eigenvalue weighted by molar-refractivity contribution is -0.133. The molecule has 3 aromatic rings. The van der Waals surface area contributed by atoms with Crippen LogP contribution in [0.1, 0.15) is 44.2 Å². The topological polar surface area (TPSA) is 237 Å². The number of primary amides is 1. The van der Waals surface area contributed by atoms with Crippen LogP contribution in [-0.4, -0.2) is 93.8 Å². The van der Waals surface area contributed by atoms with E-state index in [0.717, 1.165) is 16.5 Å². The van der Waals surface area contributed by atoms with Gasteiger partial charge in [-0.05, 0) is 50.3 Å². The van der Waals surface area contributed by atoms with Crippen molar-refractivity contribution < 1.29 is 28.8 Å². The zero-order chi connectivity index (χ0) is 39.2. The number of carbonyl (C=O) groups excluding carboxylic acids is 6. The van der Waals surface area contributed by atoms with Crippen LogP contribution >= 0.6 is 0 Å². The van der Waals surface area contributed by atoms with Gasteiger partial charge in [0.2, 0.25) is 23.6 Å². The molecule has 0 radical (unpaired) electrons. The molecule has 7 amide bonds. The Kier molecular flexibility index (Phi) is 14.6. The number of hydrogen-bond acceptors (Lipinski definition) is 8. The van der Waals surface area contributed by atoms with Gasteiger partial charge < -0.3 is 42.6 Å². The number of para-hydroxylation sites is 1. The van der Waals surface area contributed by atoms with Crippen LogP contribution < -0.4 is 38.2 Å². The first-order valence-electron chi connectivity index (χ1n) is 17.7. The number of aromatic amines is 1. The summed E-state index contributed by atoms with van der Waals surface area (Å²) in [5, 5.41) is 12.3. The van der Waals surface area contributed by atoms with Gasteiger partial charge in [0.1, 0.15) is 24.2 Å². The molecule has 1 aliphatic heterocycles. The molecule has 16 nitrogen and oxygen atoms in total. The number of fused-ring (bicyclic) bond motifs is 1. The van der Waals surface area contributed by atoms with Gasteiger partial charge in [0.15, 0.2) is 0 Å². The first-order chi connectivity index (χ1) is 25.9. The number of urea groups is 1. The summed E-state index contributed by atoms with van der Waals surface area (Å²) in [5.74, 6) is -3.51. The maximum Gasteiger partial charge on any atom is 0.349 e. The second kappa shape index (κ2) is 19.5. The number of carbonyl (C=O) groups is 6. The molecule has 2 aromatic carbocycles. The average molecular weight is 741 g/mol. The molecule has 0 saturated carbocycles. The van der Waals surface area contributed by atoms with E-state index in [2.05, 4.69) is 50.3 Å². The number of aromatic nitrogens is 1. The Bertz CT molecular complexity index is 1880. The molecule has 0 fully saturated rings. The van der Waals surface area contributed by atoms with Crippen LogP contribution in [0.4, 0.5) is 4.79 Å². The van der Waals surface area contributed by atoms with Crippen LogP contribution in [0.25, 0.3) is 10.9 Å². The summed E-state index contributed by atoms with van der Waals surface area (Å²) in [7, 11) is 0. The highest BCUT2D eigenvalue weighted by atomic mass is 16.2. The van der Waals surface area contributed by atoms with E-state index < -0.39 is 65.8 Å². The number of nitrogens with one attached hydrogen (secondary N) is 6. The molecule has 0 aliphatic carbocycles. The van der Waals surface area contributed by atoms with Gasteiger partial charge in [0.25, 0.3) is 5.91 Å². The number of nitrogens with two attached hydrogens (primary N) is 2. The van der Waals surface area contributed by atoms with Gasteiger partial charge in [-0.15, -0.1) is 6.58 Å². The van der Waals surface area contributed by atoms with Crippen LogP contribution in [0.5, 0.6) is 0 Å². The molecule has 0 spiro atoms. The fourth-order valence-electron chi connectivity index (χ4n) is 5.69. The predicted molar refractivity (Wildman–Crippen MR) is 202 cm³/mol. The molecular weight excluding hydrogens is 692 g/mol. The van der Waals surface area contributed by atoms with Crippen molar-refractivity contribution in [2.45, 2.75) is 76.2 Å². The summed E-state index contributed by atoms with van der Waals surface area (Å²) < 4.78 is 0. The predicted octanol–water partition coefficient (Wildman–Crippen LogP) is 0.262. The Hall–Kier alpha value is -6.34. The van der Waals surface area contributed by atoms with Crippen molar-refractivity contribution in [3.8, 4) is 12.1 Å². The molecule has 1 aliphatic rings. The van der Waals surface area contributed by atoms with Crippen LogP contribution in [0.15, 0.2) is 73.4 Å². The average Bonchev–Trinajstić information content (AvgIpc) is 3.55. The Morgan fingerprint density at radius 1 is 0.926 bits per heavy atom. The second-order valence-corrected chi connectivity index (χ2v) is 13.1. The van der Waals surface area contributed by atoms with E-state index in [4.69, 9.17) is 11.5 Å². The summed E-state index contributed by atoms with van der Waals surface area (Å²) >= 11 is 0. The normalized spacial score (nSPS) is 21.3. The van der Waals surface area contributed by atoms with E-state index in [1.54, 1.807) is 41.4 Å². The highest BCUT2D eigenvalue weighted by molar-refractivity contribution is 5.96. The van der Waals surface area contributed by atoms with Crippen LogP contribution in [0, 0.1) is 12.1 Å². The minimum absolute atomic E-state index is 0.00697. The van der Waals surface area contributed by atoms with Gasteiger partial charge >= 0.3 is 6.03 Å². The van der Waals surface area contributed by atoms with Crippen LogP contribution in [-0.2, 0) is 36.8 Å². The monoisotopic (exact) mass is 740 g/mol. The molecule has 1 aromatic heterocycles. The number of H-pyrrole nitrogens is 1. The molecule has 54 heavy (non-hydrogen) atoms.